The van der Waals surface area contributed by atoms with Crippen LogP contribution in [0, 0.1) is 0 Å². The van der Waals surface area contributed by atoms with Crippen LogP contribution in [0.1, 0.15) is 59.8 Å². The van der Waals surface area contributed by atoms with Crippen molar-refractivity contribution < 1.29 is 23.9 Å². The van der Waals surface area contributed by atoms with Gasteiger partial charge in [-0.3, -0.25) is 19.2 Å². The van der Waals surface area contributed by atoms with Crippen molar-refractivity contribution in [3.05, 3.63) is 71.3 Å². The van der Waals surface area contributed by atoms with E-state index in [1.54, 1.807) is 36.1 Å². The lowest BCUT2D eigenvalue weighted by Gasteiger charge is -2.24. The first-order valence-electron chi connectivity index (χ1n) is 11.2. The van der Waals surface area contributed by atoms with E-state index in [1.807, 2.05) is 30.3 Å². The first-order chi connectivity index (χ1) is 16.0. The third-order valence-electron chi connectivity index (χ3n) is 5.82. The highest BCUT2D eigenvalue weighted by Gasteiger charge is 2.47. The van der Waals surface area contributed by atoms with Crippen molar-refractivity contribution in [2.75, 3.05) is 13.2 Å². The maximum Gasteiger partial charge on any atom is 0.308 e. The minimum absolute atomic E-state index is 0.0164. The molecule has 2 unspecified atom stereocenters. The number of ether oxygens (including phenoxy) is 1. The maximum absolute atomic E-state index is 13.1. The van der Waals surface area contributed by atoms with Gasteiger partial charge in [0.05, 0.1) is 25.6 Å². The average molecular weight is 450 g/mol. The Balaban J connectivity index is 1.41. The molecule has 0 aromatic heterocycles. The van der Waals surface area contributed by atoms with E-state index in [9.17, 15) is 19.2 Å². The van der Waals surface area contributed by atoms with Crippen LogP contribution in [-0.4, -0.2) is 47.8 Å². The predicted molar refractivity (Wildman–Crippen MR) is 120 cm³/mol. The summed E-state index contributed by atoms with van der Waals surface area (Å²) in [6, 6.07) is 15.0. The molecule has 2 atom stereocenters. The number of carbonyl (C=O) groups excluding carboxylic acids is 4. The van der Waals surface area contributed by atoms with Gasteiger partial charge in [-0.1, -0.05) is 48.5 Å². The molecule has 0 spiro atoms. The second-order valence-electron chi connectivity index (χ2n) is 8.19. The number of hydrogen-bond acceptors (Lipinski definition) is 5. The number of benzene rings is 2. The van der Waals surface area contributed by atoms with Crippen LogP contribution in [0.15, 0.2) is 54.6 Å². The summed E-state index contributed by atoms with van der Waals surface area (Å²) in [5.74, 6) is -1.39. The molecule has 2 aromatic carbocycles. The second-order valence-corrected chi connectivity index (χ2v) is 8.19. The third kappa shape index (κ3) is 5.05. The van der Waals surface area contributed by atoms with Crippen molar-refractivity contribution in [2.24, 2.45) is 0 Å². The van der Waals surface area contributed by atoms with Crippen LogP contribution in [0.25, 0.3) is 0 Å². The largest absolute Gasteiger partial charge is 0.466 e. The van der Waals surface area contributed by atoms with Gasteiger partial charge in [-0.15, -0.1) is 0 Å². The Bertz CT molecular complexity index is 1050. The van der Waals surface area contributed by atoms with E-state index in [0.717, 1.165) is 18.4 Å². The number of esters is 1. The van der Waals surface area contributed by atoms with E-state index in [0.29, 0.717) is 11.1 Å². The molecule has 172 valence electrons. The molecule has 1 saturated carbocycles. The fourth-order valence-corrected chi connectivity index (χ4v) is 4.17. The van der Waals surface area contributed by atoms with Gasteiger partial charge in [-0.25, -0.2) is 0 Å². The van der Waals surface area contributed by atoms with Gasteiger partial charge in [0.1, 0.15) is 6.04 Å². The number of amides is 3. The third-order valence-corrected chi connectivity index (χ3v) is 5.82. The molecule has 1 fully saturated rings. The van der Waals surface area contributed by atoms with E-state index < -0.39 is 29.9 Å². The second kappa shape index (κ2) is 9.85. The van der Waals surface area contributed by atoms with Gasteiger partial charge < -0.3 is 20.3 Å². The summed E-state index contributed by atoms with van der Waals surface area (Å²) in [5, 5.41) is 5.48. The van der Waals surface area contributed by atoms with Crippen LogP contribution < -0.4 is 10.6 Å². The predicted octanol–water partition coefficient (Wildman–Crippen LogP) is 2.27. The van der Waals surface area contributed by atoms with E-state index >= 15 is 0 Å². The lowest BCUT2D eigenvalue weighted by atomic mass is 10.0. The Hall–Kier alpha value is -3.68. The Morgan fingerprint density at radius 1 is 1.06 bits per heavy atom. The monoisotopic (exact) mass is 449 g/mol. The zero-order chi connectivity index (χ0) is 23.4. The lowest BCUT2D eigenvalue weighted by molar-refractivity contribution is -0.144. The summed E-state index contributed by atoms with van der Waals surface area (Å²) < 4.78 is 5.03. The molecule has 1 heterocycles. The van der Waals surface area contributed by atoms with E-state index in [4.69, 9.17) is 4.74 Å². The summed E-state index contributed by atoms with van der Waals surface area (Å²) >= 11 is 0. The Labute approximate surface area is 192 Å². The van der Waals surface area contributed by atoms with E-state index in [1.165, 1.54) is 0 Å². The van der Waals surface area contributed by atoms with Crippen LogP contribution in [0.2, 0.25) is 0 Å². The normalized spacial score (nSPS) is 17.8. The molecular formula is C25H27N3O5. The molecule has 8 heteroatoms. The molecular weight excluding hydrogens is 422 g/mol. The van der Waals surface area contributed by atoms with Crippen molar-refractivity contribution in [1.82, 2.24) is 15.5 Å². The van der Waals surface area contributed by atoms with Gasteiger partial charge in [0.15, 0.2) is 0 Å². The van der Waals surface area contributed by atoms with Gasteiger partial charge in [-0.05, 0) is 37.0 Å². The highest BCUT2D eigenvalue weighted by molar-refractivity contribution is 6.05. The molecule has 0 saturated heterocycles. The van der Waals surface area contributed by atoms with Gasteiger partial charge in [0.2, 0.25) is 11.8 Å². The smallest absolute Gasteiger partial charge is 0.308 e. The average Bonchev–Trinajstić information content (AvgIpc) is 3.61. The Morgan fingerprint density at radius 3 is 2.45 bits per heavy atom. The molecule has 8 nitrogen and oxygen atoms in total. The SMILES string of the molecule is CCOC(=O)CC(NC(=O)CNC(=O)C1c2ccccc2C(=O)N1C1CC1)c1ccccc1. The van der Waals surface area contributed by atoms with E-state index in [2.05, 4.69) is 10.6 Å². The molecule has 0 bridgehead atoms. The minimum Gasteiger partial charge on any atom is -0.466 e. The van der Waals surface area contributed by atoms with Gasteiger partial charge in [0.25, 0.3) is 5.91 Å². The molecule has 2 aromatic rings. The van der Waals surface area contributed by atoms with Gasteiger partial charge in [-0.2, -0.15) is 0 Å². The van der Waals surface area contributed by atoms with Gasteiger partial charge >= 0.3 is 5.97 Å². The number of carbonyl (C=O) groups is 4. The summed E-state index contributed by atoms with van der Waals surface area (Å²) in [4.78, 5) is 52.2. The van der Waals surface area contributed by atoms with Crippen molar-refractivity contribution >= 4 is 23.7 Å². The van der Waals surface area contributed by atoms with Crippen LogP contribution in [0.4, 0.5) is 0 Å². The quantitative estimate of drug-likeness (QED) is 0.572. The standard InChI is InChI=1S/C25H27N3O5/c1-2-33-22(30)14-20(16-8-4-3-5-9-16)27-21(29)15-26-24(31)23-18-10-6-7-11-19(18)25(32)28(23)17-12-13-17/h3-11,17,20,23H,2,12-15H2,1H3,(H,26,31)(H,27,29). The first kappa shape index (κ1) is 22.5. The molecule has 1 aliphatic heterocycles. The number of rotatable bonds is 9. The fraction of sp³-hybridized carbons (Fsp3) is 0.360. The summed E-state index contributed by atoms with van der Waals surface area (Å²) in [6.07, 6.45) is 1.73. The first-order valence-corrected chi connectivity index (χ1v) is 11.2. The molecule has 33 heavy (non-hydrogen) atoms. The number of nitrogens with zero attached hydrogens (tertiary/aromatic N) is 1. The molecule has 2 aliphatic rings. The molecule has 1 aliphatic carbocycles. The fourth-order valence-electron chi connectivity index (χ4n) is 4.17. The number of fused-ring (bicyclic) bond motifs is 1. The molecule has 4 rings (SSSR count). The van der Waals surface area contributed by atoms with Crippen molar-refractivity contribution in [3.8, 4) is 0 Å². The number of hydrogen-bond donors (Lipinski definition) is 2. The molecule has 0 radical (unpaired) electrons. The Kier molecular flexibility index (Phi) is 6.72. The van der Waals surface area contributed by atoms with Crippen LogP contribution in [-0.2, 0) is 19.1 Å². The summed E-state index contributed by atoms with van der Waals surface area (Å²) in [7, 11) is 0. The molecule has 2 N–H and O–H groups in total. The summed E-state index contributed by atoms with van der Waals surface area (Å²) in [5.41, 5.74) is 1.96. The zero-order valence-electron chi connectivity index (χ0n) is 18.5. The summed E-state index contributed by atoms with van der Waals surface area (Å²) in [6.45, 7) is 1.71. The topological polar surface area (TPSA) is 105 Å². The Morgan fingerprint density at radius 2 is 1.76 bits per heavy atom. The molecule has 3 amide bonds. The van der Waals surface area contributed by atoms with Crippen LogP contribution in [0.5, 0.6) is 0 Å². The lowest BCUT2D eigenvalue weighted by Crippen LogP contribution is -2.44. The van der Waals surface area contributed by atoms with Gasteiger partial charge in [0, 0.05) is 11.6 Å². The number of nitrogens with one attached hydrogen (secondary N) is 2. The highest BCUT2D eigenvalue weighted by Crippen LogP contribution is 2.41. The zero-order valence-corrected chi connectivity index (χ0v) is 18.5. The van der Waals surface area contributed by atoms with Crippen molar-refractivity contribution in [2.45, 2.75) is 44.3 Å². The van der Waals surface area contributed by atoms with Crippen molar-refractivity contribution in [3.63, 3.8) is 0 Å². The van der Waals surface area contributed by atoms with Crippen LogP contribution >= 0.6 is 0 Å². The maximum atomic E-state index is 13.1. The van der Waals surface area contributed by atoms with Crippen molar-refractivity contribution in [1.29, 1.82) is 0 Å². The van der Waals surface area contributed by atoms with Crippen LogP contribution in [0.3, 0.4) is 0 Å². The minimum atomic E-state index is -0.738. The highest BCUT2D eigenvalue weighted by atomic mass is 16.5. The van der Waals surface area contributed by atoms with E-state index in [-0.39, 0.29) is 31.5 Å².